The smallest absolute Gasteiger partial charge is 0.139 e. The summed E-state index contributed by atoms with van der Waals surface area (Å²) in [6.07, 6.45) is 0. The molecular formula is C10H28N4P+. The lowest BCUT2D eigenvalue weighted by molar-refractivity contribution is 0.341. The highest BCUT2D eigenvalue weighted by molar-refractivity contribution is 7.66. The monoisotopic (exact) mass is 235 g/mol. The molecule has 5 heteroatoms. The van der Waals surface area contributed by atoms with E-state index < -0.39 is 7.87 Å². The molecule has 0 aromatic heterocycles. The fraction of sp³-hybridized carbons (Fsp3) is 1.00. The van der Waals surface area contributed by atoms with Crippen LogP contribution in [-0.2, 0) is 0 Å². The topological polar surface area (TPSA) is 13.0 Å². The summed E-state index contributed by atoms with van der Waals surface area (Å²) >= 11 is 0. The molecule has 0 bridgehead atoms. The van der Waals surface area contributed by atoms with Crippen molar-refractivity contribution < 1.29 is 0 Å². The standard InChI is InChI=1S/C10H28N4P/c1-9-14(10-2)15(11(3)4,12(5)6)13(7)8/h9-10H2,1-8H3/q+1. The lowest BCUT2D eigenvalue weighted by atomic mass is 10.7. The van der Waals surface area contributed by atoms with Crippen molar-refractivity contribution in [1.82, 2.24) is 18.7 Å². The van der Waals surface area contributed by atoms with Crippen LogP contribution in [0.15, 0.2) is 0 Å². The van der Waals surface area contributed by atoms with E-state index in [1.54, 1.807) is 0 Å². The third-order valence-electron chi connectivity index (χ3n) is 2.72. The molecule has 4 nitrogen and oxygen atoms in total. The van der Waals surface area contributed by atoms with E-state index in [1.807, 2.05) is 0 Å². The Morgan fingerprint density at radius 2 is 0.933 bits per heavy atom. The quantitative estimate of drug-likeness (QED) is 0.649. The van der Waals surface area contributed by atoms with Crippen LogP contribution in [0.1, 0.15) is 13.8 Å². The first-order chi connectivity index (χ1) is 6.85. The maximum Gasteiger partial charge on any atom is 0.306 e. The second kappa shape index (κ2) is 6.12. The van der Waals surface area contributed by atoms with Crippen LogP contribution in [0.5, 0.6) is 0 Å². The van der Waals surface area contributed by atoms with Gasteiger partial charge in [0.1, 0.15) is 0 Å². The van der Waals surface area contributed by atoms with E-state index in [9.17, 15) is 0 Å². The van der Waals surface area contributed by atoms with Crippen molar-refractivity contribution in [2.24, 2.45) is 0 Å². The van der Waals surface area contributed by atoms with Gasteiger partial charge in [-0.1, -0.05) is 0 Å². The maximum atomic E-state index is 2.55. The molecule has 0 spiro atoms. The summed E-state index contributed by atoms with van der Waals surface area (Å²) in [5.41, 5.74) is 0. The van der Waals surface area contributed by atoms with E-state index in [-0.39, 0.29) is 0 Å². The summed E-state index contributed by atoms with van der Waals surface area (Å²) < 4.78 is 9.63. The van der Waals surface area contributed by atoms with Gasteiger partial charge in [-0.2, -0.15) is 0 Å². The van der Waals surface area contributed by atoms with E-state index in [4.69, 9.17) is 0 Å². The average molecular weight is 235 g/mol. The molecule has 0 saturated carbocycles. The number of rotatable bonds is 6. The first-order valence-electron chi connectivity index (χ1n) is 5.53. The zero-order valence-electron chi connectivity index (χ0n) is 11.7. The van der Waals surface area contributed by atoms with Crippen LogP contribution in [0.4, 0.5) is 0 Å². The zero-order chi connectivity index (χ0) is 12.2. The van der Waals surface area contributed by atoms with Gasteiger partial charge in [-0.05, 0) is 13.8 Å². The van der Waals surface area contributed by atoms with Crippen molar-refractivity contribution in [3.8, 4) is 0 Å². The SMILES string of the molecule is CCN(CC)[P+](N(C)C)(N(C)C)N(C)C. The summed E-state index contributed by atoms with van der Waals surface area (Å²) in [6, 6.07) is 0. The Morgan fingerprint density at radius 1 is 0.667 bits per heavy atom. The third-order valence-corrected chi connectivity index (χ3v) is 7.26. The third kappa shape index (κ3) is 2.69. The van der Waals surface area contributed by atoms with Gasteiger partial charge < -0.3 is 0 Å². The first-order valence-corrected chi connectivity index (χ1v) is 7.13. The minimum Gasteiger partial charge on any atom is -0.139 e. The van der Waals surface area contributed by atoms with Gasteiger partial charge in [-0.25, -0.2) is 0 Å². The van der Waals surface area contributed by atoms with Crippen LogP contribution in [0.3, 0.4) is 0 Å². The number of hydrogen-bond donors (Lipinski definition) is 0. The molecule has 0 aromatic rings. The summed E-state index contributed by atoms with van der Waals surface area (Å²) in [6.45, 7) is 6.63. The van der Waals surface area contributed by atoms with E-state index in [2.05, 4.69) is 74.8 Å². The second-order valence-corrected chi connectivity index (χ2v) is 8.26. The van der Waals surface area contributed by atoms with Crippen molar-refractivity contribution in [3.05, 3.63) is 0 Å². The minimum absolute atomic E-state index is 1.08. The molecule has 0 heterocycles. The Bertz CT molecular complexity index is 156. The van der Waals surface area contributed by atoms with Gasteiger partial charge in [0, 0.05) is 55.4 Å². The molecule has 0 aliphatic rings. The molecule has 0 aliphatic carbocycles. The molecule has 15 heavy (non-hydrogen) atoms. The van der Waals surface area contributed by atoms with Crippen LogP contribution in [0.25, 0.3) is 0 Å². The van der Waals surface area contributed by atoms with E-state index >= 15 is 0 Å². The van der Waals surface area contributed by atoms with Crippen molar-refractivity contribution in [2.45, 2.75) is 13.8 Å². The lowest BCUT2D eigenvalue weighted by Crippen LogP contribution is -2.46. The molecule has 0 aromatic carbocycles. The predicted octanol–water partition coefficient (Wildman–Crippen LogP) is 1.69. The maximum absolute atomic E-state index is 2.55. The molecular weight excluding hydrogens is 207 g/mol. The molecule has 0 atom stereocenters. The molecule has 0 rings (SSSR count). The number of nitrogens with zero attached hydrogens (tertiary/aromatic N) is 4. The van der Waals surface area contributed by atoms with Crippen molar-refractivity contribution in [2.75, 3.05) is 55.4 Å². The normalized spacial score (nSPS) is 13.6. The van der Waals surface area contributed by atoms with Crippen LogP contribution >= 0.6 is 7.87 Å². The Kier molecular flexibility index (Phi) is 6.23. The summed E-state index contributed by atoms with van der Waals surface area (Å²) in [5.74, 6) is 0. The van der Waals surface area contributed by atoms with Crippen molar-refractivity contribution in [3.63, 3.8) is 0 Å². The van der Waals surface area contributed by atoms with Crippen LogP contribution in [-0.4, -0.2) is 74.1 Å². The molecule has 0 unspecified atom stereocenters. The number of hydrogen-bond acceptors (Lipinski definition) is 4. The van der Waals surface area contributed by atoms with Crippen LogP contribution in [0, 0.1) is 0 Å². The molecule has 92 valence electrons. The average Bonchev–Trinajstić information content (AvgIpc) is 2.11. The van der Waals surface area contributed by atoms with Gasteiger partial charge in [0.05, 0.1) is 0 Å². The highest BCUT2D eigenvalue weighted by atomic mass is 31.2. The molecule has 0 fully saturated rings. The van der Waals surface area contributed by atoms with Crippen molar-refractivity contribution >= 4 is 7.87 Å². The van der Waals surface area contributed by atoms with E-state index in [0.717, 1.165) is 13.1 Å². The van der Waals surface area contributed by atoms with Gasteiger partial charge in [0.15, 0.2) is 0 Å². The van der Waals surface area contributed by atoms with Crippen LogP contribution in [0.2, 0.25) is 0 Å². The molecule has 0 saturated heterocycles. The van der Waals surface area contributed by atoms with Crippen LogP contribution < -0.4 is 0 Å². The first kappa shape index (κ1) is 15.3. The van der Waals surface area contributed by atoms with Gasteiger partial charge in [-0.15, -0.1) is 18.7 Å². The lowest BCUT2D eigenvalue weighted by Gasteiger charge is -2.44. The highest BCUT2D eigenvalue weighted by Gasteiger charge is 2.52. The second-order valence-electron chi connectivity index (χ2n) is 4.22. The predicted molar refractivity (Wildman–Crippen MR) is 70.9 cm³/mol. The summed E-state index contributed by atoms with van der Waals surface area (Å²) in [4.78, 5) is 0. The summed E-state index contributed by atoms with van der Waals surface area (Å²) in [5, 5.41) is 0. The Morgan fingerprint density at radius 3 is 1.00 bits per heavy atom. The fourth-order valence-electron chi connectivity index (χ4n) is 2.44. The van der Waals surface area contributed by atoms with Gasteiger partial charge >= 0.3 is 7.87 Å². The van der Waals surface area contributed by atoms with E-state index in [0.29, 0.717) is 0 Å². The molecule has 0 aliphatic heterocycles. The Hall–Kier alpha value is 0.270. The Labute approximate surface area is 96.4 Å². The van der Waals surface area contributed by atoms with Gasteiger partial charge in [-0.3, -0.25) is 0 Å². The van der Waals surface area contributed by atoms with E-state index in [1.165, 1.54) is 0 Å². The van der Waals surface area contributed by atoms with Crippen molar-refractivity contribution in [1.29, 1.82) is 0 Å². The fourth-order valence-corrected chi connectivity index (χ4v) is 6.86. The summed E-state index contributed by atoms with van der Waals surface area (Å²) in [7, 11) is 11.5. The largest absolute Gasteiger partial charge is 0.306 e. The molecule has 0 radical (unpaired) electrons. The Balaban J connectivity index is 5.29. The minimum atomic E-state index is -1.49. The highest BCUT2D eigenvalue weighted by Crippen LogP contribution is 2.65. The zero-order valence-corrected chi connectivity index (χ0v) is 12.5. The van der Waals surface area contributed by atoms with Gasteiger partial charge in [0.25, 0.3) is 0 Å². The molecule has 0 N–H and O–H groups in total. The molecule has 0 amide bonds. The van der Waals surface area contributed by atoms with Gasteiger partial charge in [0.2, 0.25) is 0 Å².